The molecule has 0 fully saturated rings. The first-order valence-electron chi connectivity index (χ1n) is 5.58. The lowest BCUT2D eigenvalue weighted by Crippen LogP contribution is -2.00. The van der Waals surface area contributed by atoms with Gasteiger partial charge in [0.05, 0.1) is 4.47 Å². The van der Waals surface area contributed by atoms with Crippen molar-refractivity contribution in [2.45, 2.75) is 11.5 Å². The highest BCUT2D eigenvalue weighted by Crippen LogP contribution is 2.32. The van der Waals surface area contributed by atoms with Crippen LogP contribution in [0.1, 0.15) is 5.56 Å². The van der Waals surface area contributed by atoms with E-state index in [1.165, 1.54) is 0 Å². The van der Waals surface area contributed by atoms with Crippen LogP contribution in [0, 0.1) is 5.82 Å². The van der Waals surface area contributed by atoms with Crippen molar-refractivity contribution in [1.29, 1.82) is 0 Å². The molecule has 2 aromatic carbocycles. The third-order valence-electron chi connectivity index (χ3n) is 2.56. The zero-order valence-electron chi connectivity index (χ0n) is 10.3. The number of hydrogen-bond donors (Lipinski definition) is 0. The monoisotopic (exact) mass is 456 g/mol. The molecule has 0 aliphatic heterocycles. The van der Waals surface area contributed by atoms with Crippen molar-refractivity contribution in [3.63, 3.8) is 0 Å². The fraction of sp³-hybridized carbons (Fsp3) is 0.0769. The van der Waals surface area contributed by atoms with Crippen LogP contribution in [-0.2, 0) is 15.7 Å². The Bertz CT molecular complexity index is 764. The molecule has 0 unspecified atom stereocenters. The second-order valence-electron chi connectivity index (χ2n) is 4.07. The van der Waals surface area contributed by atoms with Gasteiger partial charge in [-0.2, -0.15) is 0 Å². The van der Waals surface area contributed by atoms with E-state index in [4.69, 9.17) is 15.4 Å². The van der Waals surface area contributed by atoms with Gasteiger partial charge in [0, 0.05) is 21.2 Å². The van der Waals surface area contributed by atoms with Crippen LogP contribution in [0.3, 0.4) is 0 Å². The molecule has 3 nitrogen and oxygen atoms in total. The van der Waals surface area contributed by atoms with Gasteiger partial charge in [-0.15, -0.1) is 0 Å². The maximum absolute atomic E-state index is 13.7. The van der Waals surface area contributed by atoms with E-state index in [-0.39, 0.29) is 12.4 Å². The molecule has 0 aliphatic carbocycles. The summed E-state index contributed by atoms with van der Waals surface area (Å²) < 4.78 is 42.8. The van der Waals surface area contributed by atoms with Crippen LogP contribution >= 0.6 is 42.5 Å². The van der Waals surface area contributed by atoms with E-state index in [1.807, 2.05) is 24.3 Å². The third kappa shape index (κ3) is 4.42. The fourth-order valence-corrected chi connectivity index (χ4v) is 3.33. The number of halogens is 4. The first-order chi connectivity index (χ1) is 9.77. The number of rotatable bonds is 4. The minimum Gasteiger partial charge on any atom is -0.488 e. The van der Waals surface area contributed by atoms with Crippen LogP contribution in [0.15, 0.2) is 50.2 Å². The average Bonchev–Trinajstić information content (AvgIpc) is 2.40. The fourth-order valence-electron chi connectivity index (χ4n) is 1.55. The third-order valence-corrected chi connectivity index (χ3v) is 5.04. The molecule has 112 valence electrons. The van der Waals surface area contributed by atoms with Crippen LogP contribution < -0.4 is 4.74 Å². The molecule has 0 atom stereocenters. The second-order valence-corrected chi connectivity index (χ2v) is 8.37. The Kier molecular flexibility index (Phi) is 5.29. The van der Waals surface area contributed by atoms with Gasteiger partial charge in [-0.05, 0) is 39.7 Å². The Morgan fingerprint density at radius 2 is 1.76 bits per heavy atom. The zero-order chi connectivity index (χ0) is 15.6. The Balaban J connectivity index is 2.21. The van der Waals surface area contributed by atoms with Crippen LogP contribution in [0.25, 0.3) is 0 Å². The first kappa shape index (κ1) is 16.7. The molecule has 2 aromatic rings. The van der Waals surface area contributed by atoms with E-state index in [1.54, 1.807) is 0 Å². The summed E-state index contributed by atoms with van der Waals surface area (Å²) in [7, 11) is 1.00. The van der Waals surface area contributed by atoms with Gasteiger partial charge in [0.1, 0.15) is 23.1 Å². The van der Waals surface area contributed by atoms with E-state index in [9.17, 15) is 12.8 Å². The maximum Gasteiger partial charge on any atom is 0.264 e. The van der Waals surface area contributed by atoms with Crippen molar-refractivity contribution in [3.05, 3.63) is 56.7 Å². The summed E-state index contributed by atoms with van der Waals surface area (Å²) >= 11 is 6.46. The lowest BCUT2D eigenvalue weighted by molar-refractivity contribution is 0.302. The molecule has 0 saturated carbocycles. The maximum atomic E-state index is 13.7. The van der Waals surface area contributed by atoms with Gasteiger partial charge in [-0.25, -0.2) is 12.8 Å². The van der Waals surface area contributed by atoms with E-state index in [0.717, 1.165) is 22.2 Å². The number of ether oxygens (including phenoxy) is 1. The van der Waals surface area contributed by atoms with Gasteiger partial charge < -0.3 is 4.74 Å². The summed E-state index contributed by atoms with van der Waals surface area (Å²) in [6.07, 6.45) is 0. The standard InChI is InChI=1S/C13H8Br2ClFO3S/c14-9-3-1-8(2-4-9)7-20-12-6-11(17)13(5-10(12)15)21(16,18)19/h1-6H,7H2. The first-order valence-corrected chi connectivity index (χ1v) is 9.48. The van der Waals surface area contributed by atoms with Crippen molar-refractivity contribution >= 4 is 51.6 Å². The Labute approximate surface area is 142 Å². The average molecular weight is 459 g/mol. The normalized spacial score (nSPS) is 11.4. The summed E-state index contributed by atoms with van der Waals surface area (Å²) in [5, 5.41) is 0. The van der Waals surface area contributed by atoms with Gasteiger partial charge in [0.25, 0.3) is 9.05 Å². The summed E-state index contributed by atoms with van der Waals surface area (Å²) in [5.41, 5.74) is 0.888. The van der Waals surface area contributed by atoms with Crippen molar-refractivity contribution in [2.24, 2.45) is 0 Å². The number of hydrogen-bond acceptors (Lipinski definition) is 3. The summed E-state index contributed by atoms with van der Waals surface area (Å²) in [4.78, 5) is -0.591. The predicted molar refractivity (Wildman–Crippen MR) is 85.6 cm³/mol. The largest absolute Gasteiger partial charge is 0.488 e. The zero-order valence-corrected chi connectivity index (χ0v) is 15.1. The van der Waals surface area contributed by atoms with Crippen LogP contribution in [0.2, 0.25) is 0 Å². The van der Waals surface area contributed by atoms with Gasteiger partial charge in [-0.3, -0.25) is 0 Å². The molecule has 0 aromatic heterocycles. The van der Waals surface area contributed by atoms with E-state index in [0.29, 0.717) is 4.47 Å². The van der Waals surface area contributed by atoms with Crippen LogP contribution in [0.4, 0.5) is 4.39 Å². The van der Waals surface area contributed by atoms with Crippen LogP contribution in [-0.4, -0.2) is 8.42 Å². The Morgan fingerprint density at radius 3 is 2.33 bits per heavy atom. The highest BCUT2D eigenvalue weighted by molar-refractivity contribution is 9.10. The summed E-state index contributed by atoms with van der Waals surface area (Å²) in [6.45, 7) is 0.221. The van der Waals surface area contributed by atoms with Gasteiger partial charge in [0.2, 0.25) is 0 Å². The molecule has 8 heteroatoms. The van der Waals surface area contributed by atoms with Crippen LogP contribution in [0.5, 0.6) is 5.75 Å². The van der Waals surface area contributed by atoms with Crippen molar-refractivity contribution in [2.75, 3.05) is 0 Å². The molecule has 0 bridgehead atoms. The molecule has 21 heavy (non-hydrogen) atoms. The Hall–Kier alpha value is -0.630. The SMILES string of the molecule is O=S(=O)(Cl)c1cc(Br)c(OCc2ccc(Br)cc2)cc1F. The lowest BCUT2D eigenvalue weighted by Gasteiger charge is -2.10. The highest BCUT2D eigenvalue weighted by Gasteiger charge is 2.19. The molecule has 0 aliphatic rings. The van der Waals surface area contributed by atoms with Crippen molar-refractivity contribution in [3.8, 4) is 5.75 Å². The smallest absolute Gasteiger partial charge is 0.264 e. The van der Waals surface area contributed by atoms with E-state index in [2.05, 4.69) is 31.9 Å². The molecule has 0 amide bonds. The second kappa shape index (κ2) is 6.64. The van der Waals surface area contributed by atoms with Gasteiger partial charge >= 0.3 is 0 Å². The number of benzene rings is 2. The lowest BCUT2D eigenvalue weighted by atomic mass is 10.2. The minimum absolute atomic E-state index is 0.194. The molecule has 2 rings (SSSR count). The van der Waals surface area contributed by atoms with E-state index >= 15 is 0 Å². The molecular weight excluding hydrogens is 450 g/mol. The molecule has 0 spiro atoms. The van der Waals surface area contributed by atoms with Crippen molar-refractivity contribution < 1.29 is 17.5 Å². The van der Waals surface area contributed by atoms with Gasteiger partial charge in [0.15, 0.2) is 0 Å². The summed E-state index contributed by atoms with van der Waals surface area (Å²) in [6, 6.07) is 9.49. The van der Waals surface area contributed by atoms with Gasteiger partial charge in [-0.1, -0.05) is 28.1 Å². The quantitative estimate of drug-likeness (QED) is 0.615. The minimum atomic E-state index is -4.14. The highest BCUT2D eigenvalue weighted by atomic mass is 79.9. The molecule has 0 N–H and O–H groups in total. The van der Waals surface area contributed by atoms with E-state index < -0.39 is 19.8 Å². The summed E-state index contributed by atoms with van der Waals surface area (Å²) in [5.74, 6) is -0.765. The predicted octanol–water partition coefficient (Wildman–Crippen LogP) is 4.86. The molecular formula is C13H8Br2ClFO3S. The molecule has 0 radical (unpaired) electrons. The Morgan fingerprint density at radius 1 is 1.14 bits per heavy atom. The molecule has 0 saturated heterocycles. The van der Waals surface area contributed by atoms with Crippen molar-refractivity contribution in [1.82, 2.24) is 0 Å². The topological polar surface area (TPSA) is 43.4 Å². The molecule has 0 heterocycles.